The van der Waals surface area contributed by atoms with Gasteiger partial charge in [-0.15, -0.1) is 0 Å². The summed E-state index contributed by atoms with van der Waals surface area (Å²) >= 11 is 0. The van der Waals surface area contributed by atoms with Crippen molar-refractivity contribution >= 4 is 11.8 Å². The standard InChI is InChI=1S/C22H19F3N4O4/c23-22(24,25)21-27-18(28-33-21)14-6-8-15(9-7-14)19(30)26-12-17-13-32-11-10-29(17)20(31)16-4-2-1-3-5-16/h1-9,17H,10-13H2,(H,26,30)/t17-/m0/s1. The van der Waals surface area contributed by atoms with Crippen LogP contribution < -0.4 is 5.32 Å². The lowest BCUT2D eigenvalue weighted by molar-refractivity contribution is -0.159. The first-order valence-corrected chi connectivity index (χ1v) is 10.1. The topological polar surface area (TPSA) is 97.6 Å². The maximum atomic E-state index is 12.8. The summed E-state index contributed by atoms with van der Waals surface area (Å²) in [5.41, 5.74) is 1.11. The van der Waals surface area contributed by atoms with Gasteiger partial charge in [-0.2, -0.15) is 18.2 Å². The van der Waals surface area contributed by atoms with Crippen LogP contribution in [0.25, 0.3) is 11.4 Å². The fraction of sp³-hybridized carbons (Fsp3) is 0.273. The van der Waals surface area contributed by atoms with Gasteiger partial charge in [-0.3, -0.25) is 9.59 Å². The molecule has 1 saturated heterocycles. The van der Waals surface area contributed by atoms with Crippen LogP contribution in [-0.4, -0.2) is 59.2 Å². The Kier molecular flexibility index (Phi) is 6.40. The van der Waals surface area contributed by atoms with Crippen molar-refractivity contribution in [1.29, 1.82) is 0 Å². The number of morpholine rings is 1. The van der Waals surface area contributed by atoms with E-state index in [1.165, 1.54) is 24.3 Å². The molecule has 11 heteroatoms. The van der Waals surface area contributed by atoms with Gasteiger partial charge >= 0.3 is 12.1 Å². The van der Waals surface area contributed by atoms with Crippen molar-refractivity contribution in [2.24, 2.45) is 0 Å². The van der Waals surface area contributed by atoms with Crippen LogP contribution in [0.2, 0.25) is 0 Å². The molecule has 1 aliphatic rings. The normalized spacial score (nSPS) is 16.5. The molecule has 0 bridgehead atoms. The summed E-state index contributed by atoms with van der Waals surface area (Å²) in [6.45, 7) is 1.29. The van der Waals surface area contributed by atoms with Crippen molar-refractivity contribution in [3.63, 3.8) is 0 Å². The average Bonchev–Trinajstić information content (AvgIpc) is 3.34. The van der Waals surface area contributed by atoms with Crippen LogP contribution in [0.15, 0.2) is 59.1 Å². The van der Waals surface area contributed by atoms with Gasteiger partial charge < -0.3 is 19.5 Å². The summed E-state index contributed by atoms with van der Waals surface area (Å²) in [7, 11) is 0. The zero-order valence-electron chi connectivity index (χ0n) is 17.2. The van der Waals surface area contributed by atoms with E-state index >= 15 is 0 Å². The highest BCUT2D eigenvalue weighted by molar-refractivity contribution is 5.95. The van der Waals surface area contributed by atoms with E-state index in [4.69, 9.17) is 4.74 Å². The Morgan fingerprint density at radius 3 is 2.45 bits per heavy atom. The predicted octanol–water partition coefficient (Wildman–Crippen LogP) is 3.03. The van der Waals surface area contributed by atoms with E-state index in [1.54, 1.807) is 29.2 Å². The highest BCUT2D eigenvalue weighted by Gasteiger charge is 2.38. The first kappa shape index (κ1) is 22.5. The minimum Gasteiger partial charge on any atom is -0.377 e. The third kappa shape index (κ3) is 5.20. The lowest BCUT2D eigenvalue weighted by Gasteiger charge is -2.35. The number of halogens is 3. The predicted molar refractivity (Wildman–Crippen MR) is 109 cm³/mol. The van der Waals surface area contributed by atoms with Crippen LogP contribution in [0.3, 0.4) is 0 Å². The van der Waals surface area contributed by atoms with Gasteiger partial charge in [-0.05, 0) is 24.3 Å². The molecule has 0 saturated carbocycles. The largest absolute Gasteiger partial charge is 0.471 e. The Labute approximate surface area is 186 Å². The van der Waals surface area contributed by atoms with Gasteiger partial charge in [-0.1, -0.05) is 35.5 Å². The molecule has 1 atom stereocenters. The number of alkyl halides is 3. The van der Waals surface area contributed by atoms with E-state index in [9.17, 15) is 22.8 Å². The van der Waals surface area contributed by atoms with Gasteiger partial charge in [0.2, 0.25) is 5.82 Å². The second-order valence-electron chi connectivity index (χ2n) is 7.30. The zero-order valence-corrected chi connectivity index (χ0v) is 17.2. The Morgan fingerprint density at radius 1 is 1.06 bits per heavy atom. The molecule has 4 rings (SSSR count). The number of ether oxygens (including phenoxy) is 1. The molecule has 172 valence electrons. The number of aromatic nitrogens is 2. The van der Waals surface area contributed by atoms with Gasteiger partial charge in [0.1, 0.15) is 0 Å². The summed E-state index contributed by atoms with van der Waals surface area (Å²) in [4.78, 5) is 30.4. The van der Waals surface area contributed by atoms with E-state index in [1.807, 2.05) is 6.07 Å². The second kappa shape index (κ2) is 9.41. The SMILES string of the molecule is O=C(NC[C@H]1COCCN1C(=O)c1ccccc1)c1ccc(-c2noc(C(F)(F)F)n2)cc1. The Bertz CT molecular complexity index is 1120. The minimum atomic E-state index is -4.73. The molecule has 0 spiro atoms. The van der Waals surface area contributed by atoms with Crippen LogP contribution in [0.4, 0.5) is 13.2 Å². The summed E-state index contributed by atoms with van der Waals surface area (Å²) in [6.07, 6.45) is -4.73. The Morgan fingerprint density at radius 2 is 1.79 bits per heavy atom. The zero-order chi connectivity index (χ0) is 23.4. The third-order valence-corrected chi connectivity index (χ3v) is 5.08. The summed E-state index contributed by atoms with van der Waals surface area (Å²) in [6, 6.07) is 14.3. The molecule has 0 aliphatic carbocycles. The van der Waals surface area contributed by atoms with E-state index in [0.717, 1.165) is 0 Å². The van der Waals surface area contributed by atoms with Gasteiger partial charge in [0, 0.05) is 29.8 Å². The minimum absolute atomic E-state index is 0.138. The van der Waals surface area contributed by atoms with Gasteiger partial charge in [0.15, 0.2) is 0 Å². The second-order valence-corrected chi connectivity index (χ2v) is 7.30. The summed E-state index contributed by atoms with van der Waals surface area (Å²) in [5, 5.41) is 6.09. The molecule has 1 aliphatic heterocycles. The van der Waals surface area contributed by atoms with Crippen molar-refractivity contribution in [2.45, 2.75) is 12.2 Å². The molecule has 33 heavy (non-hydrogen) atoms. The summed E-state index contributed by atoms with van der Waals surface area (Å²) in [5.74, 6) is -2.21. The fourth-order valence-electron chi connectivity index (χ4n) is 3.38. The molecule has 8 nitrogen and oxygen atoms in total. The molecular formula is C22H19F3N4O4. The number of rotatable bonds is 5. The van der Waals surface area contributed by atoms with Crippen LogP contribution in [-0.2, 0) is 10.9 Å². The lowest BCUT2D eigenvalue weighted by Crippen LogP contribution is -2.53. The average molecular weight is 460 g/mol. The third-order valence-electron chi connectivity index (χ3n) is 5.08. The number of carbonyl (C=O) groups excluding carboxylic acids is 2. The number of nitrogens with one attached hydrogen (secondary N) is 1. The van der Waals surface area contributed by atoms with Crippen molar-refractivity contribution in [1.82, 2.24) is 20.4 Å². The van der Waals surface area contributed by atoms with Crippen LogP contribution in [0, 0.1) is 0 Å². The van der Waals surface area contributed by atoms with Crippen molar-refractivity contribution in [3.05, 3.63) is 71.6 Å². The van der Waals surface area contributed by atoms with Gasteiger partial charge in [-0.25, -0.2) is 0 Å². The molecule has 3 aromatic rings. The molecule has 1 aromatic heterocycles. The first-order chi connectivity index (χ1) is 15.8. The van der Waals surface area contributed by atoms with Crippen molar-refractivity contribution in [3.8, 4) is 11.4 Å². The maximum absolute atomic E-state index is 12.8. The maximum Gasteiger partial charge on any atom is 0.471 e. The van der Waals surface area contributed by atoms with Crippen LogP contribution in [0.5, 0.6) is 0 Å². The van der Waals surface area contributed by atoms with E-state index in [2.05, 4.69) is 20.0 Å². The molecule has 1 fully saturated rings. The molecular weight excluding hydrogens is 441 g/mol. The first-order valence-electron chi connectivity index (χ1n) is 10.1. The van der Waals surface area contributed by atoms with Crippen LogP contribution >= 0.6 is 0 Å². The molecule has 0 radical (unpaired) electrons. The van der Waals surface area contributed by atoms with Gasteiger partial charge in [0.05, 0.1) is 19.3 Å². The van der Waals surface area contributed by atoms with E-state index < -0.39 is 18.0 Å². The molecule has 2 amide bonds. The highest BCUT2D eigenvalue weighted by atomic mass is 19.4. The van der Waals surface area contributed by atoms with Crippen LogP contribution in [0.1, 0.15) is 26.6 Å². The summed E-state index contributed by atoms with van der Waals surface area (Å²) < 4.78 is 47.5. The smallest absolute Gasteiger partial charge is 0.377 e. The number of amides is 2. The van der Waals surface area contributed by atoms with Gasteiger partial charge in [0.25, 0.3) is 11.8 Å². The lowest BCUT2D eigenvalue weighted by atomic mass is 10.1. The highest BCUT2D eigenvalue weighted by Crippen LogP contribution is 2.29. The molecule has 0 unspecified atom stereocenters. The Hall–Kier alpha value is -3.73. The molecule has 2 aromatic carbocycles. The monoisotopic (exact) mass is 460 g/mol. The Balaban J connectivity index is 1.38. The quantitative estimate of drug-likeness (QED) is 0.629. The molecule has 1 N–H and O–H groups in total. The van der Waals surface area contributed by atoms with E-state index in [-0.39, 0.29) is 42.1 Å². The number of hydrogen-bond donors (Lipinski definition) is 1. The number of hydrogen-bond acceptors (Lipinski definition) is 6. The number of benzene rings is 2. The fourth-order valence-corrected chi connectivity index (χ4v) is 3.38. The van der Waals surface area contributed by atoms with Crippen molar-refractivity contribution < 1.29 is 32.0 Å². The van der Waals surface area contributed by atoms with E-state index in [0.29, 0.717) is 18.7 Å². The number of carbonyl (C=O) groups is 2. The van der Waals surface area contributed by atoms with Crippen molar-refractivity contribution in [2.75, 3.05) is 26.3 Å². The molecule has 2 heterocycles. The number of nitrogens with zero attached hydrogens (tertiary/aromatic N) is 3.